The normalized spacial score (nSPS) is 10.7. The molecule has 3 rings (SSSR count). The highest BCUT2D eigenvalue weighted by Crippen LogP contribution is 2.19. The van der Waals surface area contributed by atoms with Crippen molar-refractivity contribution in [2.24, 2.45) is 0 Å². The molecule has 0 saturated carbocycles. The van der Waals surface area contributed by atoms with Gasteiger partial charge in [-0.05, 0) is 12.1 Å². The van der Waals surface area contributed by atoms with Gasteiger partial charge in [0.15, 0.2) is 5.13 Å². The van der Waals surface area contributed by atoms with E-state index < -0.39 is 0 Å². The Bertz CT molecular complexity index is 820. The number of esters is 1. The second-order valence-electron chi connectivity index (χ2n) is 4.94. The first kappa shape index (κ1) is 15.2. The van der Waals surface area contributed by atoms with Crippen molar-refractivity contribution < 1.29 is 14.3 Å². The second-order valence-corrected chi connectivity index (χ2v) is 5.80. The van der Waals surface area contributed by atoms with E-state index in [4.69, 9.17) is 0 Å². The van der Waals surface area contributed by atoms with Gasteiger partial charge in [-0.2, -0.15) is 0 Å². The summed E-state index contributed by atoms with van der Waals surface area (Å²) in [5.74, 6) is -0.517. The molecule has 0 spiro atoms. The third-order valence-electron chi connectivity index (χ3n) is 3.36. The third-order valence-corrected chi connectivity index (χ3v) is 4.17. The van der Waals surface area contributed by atoms with Crippen LogP contribution in [0.5, 0.6) is 0 Å². The van der Waals surface area contributed by atoms with E-state index in [0.29, 0.717) is 17.2 Å². The van der Waals surface area contributed by atoms with Gasteiger partial charge in [0.05, 0.1) is 19.2 Å². The highest BCUT2D eigenvalue weighted by molar-refractivity contribution is 7.14. The molecule has 6 nitrogen and oxygen atoms in total. The largest absolute Gasteiger partial charge is 0.469 e. The van der Waals surface area contributed by atoms with Gasteiger partial charge in [-0.25, -0.2) is 4.98 Å². The van der Waals surface area contributed by atoms with Crippen molar-refractivity contribution in [3.8, 4) is 0 Å². The molecule has 1 aromatic carbocycles. The van der Waals surface area contributed by atoms with Crippen molar-refractivity contribution in [2.75, 3.05) is 12.4 Å². The summed E-state index contributed by atoms with van der Waals surface area (Å²) in [6, 6.07) is 9.50. The minimum atomic E-state index is -0.276. The number of aryl methyl sites for hydroxylation is 1. The van der Waals surface area contributed by atoms with Crippen LogP contribution in [0.1, 0.15) is 22.6 Å². The number of rotatable bonds is 5. The molecule has 0 bridgehead atoms. The molecule has 7 heteroatoms. The summed E-state index contributed by atoms with van der Waals surface area (Å²) in [5.41, 5.74) is 2.15. The second kappa shape index (κ2) is 6.62. The molecule has 0 aliphatic heterocycles. The zero-order valence-corrected chi connectivity index (χ0v) is 13.3. The van der Waals surface area contributed by atoms with Crippen molar-refractivity contribution in [2.45, 2.75) is 12.8 Å². The van der Waals surface area contributed by atoms with Gasteiger partial charge < -0.3 is 9.72 Å². The standard InChI is InChI=1S/C16H15N3O3S/c1-22-14(20)7-6-11-9-23-16(17-11)19-15(21)13-8-10-4-2-3-5-12(10)18-13/h2-5,8-9,18H,6-7H2,1H3,(H,17,19,21). The average Bonchev–Trinajstić information content (AvgIpc) is 3.18. The first-order valence-corrected chi connectivity index (χ1v) is 7.94. The molecule has 2 N–H and O–H groups in total. The van der Waals surface area contributed by atoms with Gasteiger partial charge in [0.2, 0.25) is 0 Å². The maximum Gasteiger partial charge on any atom is 0.305 e. The maximum absolute atomic E-state index is 12.3. The van der Waals surface area contributed by atoms with Gasteiger partial charge in [-0.15, -0.1) is 11.3 Å². The van der Waals surface area contributed by atoms with Gasteiger partial charge in [0, 0.05) is 22.7 Å². The number of amides is 1. The van der Waals surface area contributed by atoms with E-state index in [1.54, 1.807) is 6.07 Å². The molecular weight excluding hydrogens is 314 g/mol. The average molecular weight is 329 g/mol. The Morgan fingerprint density at radius 2 is 2.17 bits per heavy atom. The molecule has 3 aromatic rings. The van der Waals surface area contributed by atoms with Gasteiger partial charge >= 0.3 is 5.97 Å². The molecule has 2 heterocycles. The number of nitrogens with one attached hydrogen (secondary N) is 2. The molecule has 0 saturated heterocycles. The fraction of sp³-hybridized carbons (Fsp3) is 0.188. The molecule has 118 valence electrons. The van der Waals surface area contributed by atoms with Crippen LogP contribution in [0.25, 0.3) is 10.9 Å². The predicted octanol–water partition coefficient (Wildman–Crippen LogP) is 2.98. The van der Waals surface area contributed by atoms with Crippen LogP contribution in [-0.2, 0) is 16.0 Å². The number of ether oxygens (including phenoxy) is 1. The number of benzene rings is 1. The van der Waals surface area contributed by atoms with Gasteiger partial charge in [-0.3, -0.25) is 14.9 Å². The Hall–Kier alpha value is -2.67. The van der Waals surface area contributed by atoms with Crippen LogP contribution < -0.4 is 5.32 Å². The minimum absolute atomic E-state index is 0.241. The van der Waals surface area contributed by atoms with E-state index in [0.717, 1.165) is 16.6 Å². The lowest BCUT2D eigenvalue weighted by atomic mass is 10.2. The third kappa shape index (κ3) is 3.57. The molecule has 0 aliphatic carbocycles. The minimum Gasteiger partial charge on any atom is -0.469 e. The quantitative estimate of drug-likeness (QED) is 0.705. The van der Waals surface area contributed by atoms with E-state index in [1.807, 2.05) is 29.6 Å². The summed E-state index contributed by atoms with van der Waals surface area (Å²) in [5, 5.41) is 6.08. The van der Waals surface area contributed by atoms with Crippen LogP contribution in [0.4, 0.5) is 5.13 Å². The molecule has 0 atom stereocenters. The number of thiazole rings is 1. The van der Waals surface area contributed by atoms with Gasteiger partial charge in [0.25, 0.3) is 5.91 Å². The van der Waals surface area contributed by atoms with Crippen LogP contribution in [0, 0.1) is 0 Å². The number of anilines is 1. The summed E-state index contributed by atoms with van der Waals surface area (Å²) in [6.07, 6.45) is 0.765. The molecule has 2 aromatic heterocycles. The fourth-order valence-electron chi connectivity index (χ4n) is 2.17. The summed E-state index contributed by atoms with van der Waals surface area (Å²) in [7, 11) is 1.36. The molecule has 1 amide bonds. The van der Waals surface area contributed by atoms with Crippen LogP contribution in [0.15, 0.2) is 35.7 Å². The summed E-state index contributed by atoms with van der Waals surface area (Å²) in [6.45, 7) is 0. The van der Waals surface area contributed by atoms with Crippen LogP contribution in [-0.4, -0.2) is 29.0 Å². The van der Waals surface area contributed by atoms with E-state index >= 15 is 0 Å². The number of nitrogens with zero attached hydrogens (tertiary/aromatic N) is 1. The number of aromatic amines is 1. The predicted molar refractivity (Wildman–Crippen MR) is 88.7 cm³/mol. The number of aromatic nitrogens is 2. The fourth-order valence-corrected chi connectivity index (χ4v) is 2.91. The Morgan fingerprint density at radius 1 is 1.35 bits per heavy atom. The zero-order valence-electron chi connectivity index (χ0n) is 12.5. The smallest absolute Gasteiger partial charge is 0.305 e. The number of para-hydroxylation sites is 1. The van der Waals surface area contributed by atoms with Gasteiger partial charge in [-0.1, -0.05) is 18.2 Å². The highest BCUT2D eigenvalue weighted by Gasteiger charge is 2.12. The number of carbonyl (C=O) groups is 2. The van der Waals surface area contributed by atoms with E-state index in [1.165, 1.54) is 18.4 Å². The first-order valence-electron chi connectivity index (χ1n) is 7.06. The number of hydrogen-bond donors (Lipinski definition) is 2. The molecule has 0 aliphatic rings. The van der Waals surface area contributed by atoms with Crippen molar-refractivity contribution in [3.05, 3.63) is 47.1 Å². The van der Waals surface area contributed by atoms with Crippen molar-refractivity contribution >= 4 is 39.2 Å². The maximum atomic E-state index is 12.3. The monoisotopic (exact) mass is 329 g/mol. The highest BCUT2D eigenvalue weighted by atomic mass is 32.1. The summed E-state index contributed by atoms with van der Waals surface area (Å²) in [4.78, 5) is 30.7. The Morgan fingerprint density at radius 3 is 2.96 bits per heavy atom. The van der Waals surface area contributed by atoms with E-state index in [9.17, 15) is 9.59 Å². The van der Waals surface area contributed by atoms with E-state index in [2.05, 4.69) is 20.0 Å². The zero-order chi connectivity index (χ0) is 16.2. The van der Waals surface area contributed by atoms with E-state index in [-0.39, 0.29) is 18.3 Å². The van der Waals surface area contributed by atoms with Crippen molar-refractivity contribution in [3.63, 3.8) is 0 Å². The van der Waals surface area contributed by atoms with Crippen LogP contribution in [0.2, 0.25) is 0 Å². The lowest BCUT2D eigenvalue weighted by Crippen LogP contribution is -2.12. The number of fused-ring (bicyclic) bond motifs is 1. The molecular formula is C16H15N3O3S. The van der Waals surface area contributed by atoms with Crippen molar-refractivity contribution in [1.82, 2.24) is 9.97 Å². The number of H-pyrrole nitrogens is 1. The lowest BCUT2D eigenvalue weighted by Gasteiger charge is -1.99. The number of hydrogen-bond acceptors (Lipinski definition) is 5. The topological polar surface area (TPSA) is 84.1 Å². The Labute approximate surface area is 136 Å². The SMILES string of the molecule is COC(=O)CCc1csc(NC(=O)c2cc3ccccc3[nH]2)n1. The first-order chi connectivity index (χ1) is 11.2. The lowest BCUT2D eigenvalue weighted by molar-refractivity contribution is -0.140. The molecule has 23 heavy (non-hydrogen) atoms. The van der Waals surface area contributed by atoms with Crippen molar-refractivity contribution in [1.29, 1.82) is 0 Å². The number of carbonyl (C=O) groups excluding carboxylic acids is 2. The summed E-state index contributed by atoms with van der Waals surface area (Å²) >= 11 is 1.33. The summed E-state index contributed by atoms with van der Waals surface area (Å²) < 4.78 is 4.59. The van der Waals surface area contributed by atoms with Crippen LogP contribution in [0.3, 0.4) is 0 Å². The van der Waals surface area contributed by atoms with Crippen LogP contribution >= 0.6 is 11.3 Å². The van der Waals surface area contributed by atoms with Gasteiger partial charge in [0.1, 0.15) is 5.69 Å². The number of methoxy groups -OCH3 is 1. The Balaban J connectivity index is 1.65. The Kier molecular flexibility index (Phi) is 4.38. The molecule has 0 unspecified atom stereocenters. The molecule has 0 fully saturated rings. The molecule has 0 radical (unpaired) electrons.